The van der Waals surface area contributed by atoms with Crippen molar-refractivity contribution in [2.45, 2.75) is 17.7 Å². The van der Waals surface area contributed by atoms with Crippen LogP contribution in [0.15, 0.2) is 71.5 Å². The first-order valence-corrected chi connectivity index (χ1v) is 12.1. The maximum Gasteiger partial charge on any atom is 0.243 e. The van der Waals surface area contributed by atoms with Gasteiger partial charge in [-0.25, -0.2) is 21.6 Å². The van der Waals surface area contributed by atoms with Crippen LogP contribution in [-0.4, -0.2) is 40.8 Å². The van der Waals surface area contributed by atoms with E-state index in [-0.39, 0.29) is 23.9 Å². The molecule has 0 amide bonds. The van der Waals surface area contributed by atoms with Crippen LogP contribution in [0.5, 0.6) is 0 Å². The molecule has 0 aliphatic carbocycles. The Kier molecular flexibility index (Phi) is 6.34. The first-order chi connectivity index (χ1) is 13.3. The van der Waals surface area contributed by atoms with E-state index < -0.39 is 20.0 Å². The lowest BCUT2D eigenvalue weighted by Crippen LogP contribution is -2.43. The molecule has 6 nitrogen and oxygen atoms in total. The maximum absolute atomic E-state index is 13.1. The second kappa shape index (κ2) is 8.57. The molecule has 1 atom stereocenters. The molecule has 0 saturated carbocycles. The van der Waals surface area contributed by atoms with Crippen LogP contribution >= 0.6 is 0 Å². The highest BCUT2D eigenvalue weighted by molar-refractivity contribution is 7.92. The van der Waals surface area contributed by atoms with Crippen LogP contribution in [0.4, 0.5) is 0 Å². The minimum atomic E-state index is -3.65. The summed E-state index contributed by atoms with van der Waals surface area (Å²) < 4.78 is 53.3. The van der Waals surface area contributed by atoms with Crippen LogP contribution in [0.25, 0.3) is 11.1 Å². The van der Waals surface area contributed by atoms with Crippen molar-refractivity contribution in [3.05, 3.63) is 66.6 Å². The number of piperidine rings is 1. The molecule has 1 aliphatic rings. The quantitative estimate of drug-likeness (QED) is 0.747. The van der Waals surface area contributed by atoms with E-state index in [1.165, 1.54) is 4.31 Å². The van der Waals surface area contributed by atoms with Crippen molar-refractivity contribution in [1.82, 2.24) is 9.03 Å². The average Bonchev–Trinajstić information content (AvgIpc) is 2.73. The highest BCUT2D eigenvalue weighted by Crippen LogP contribution is 2.27. The van der Waals surface area contributed by atoms with Crippen LogP contribution in [0.2, 0.25) is 0 Å². The van der Waals surface area contributed by atoms with E-state index in [1.807, 2.05) is 36.4 Å². The maximum atomic E-state index is 13.1. The number of benzene rings is 2. The Labute approximate surface area is 167 Å². The molecule has 0 aromatic heterocycles. The molecule has 8 heteroatoms. The molecule has 0 spiro atoms. The van der Waals surface area contributed by atoms with E-state index in [1.54, 1.807) is 18.2 Å². The summed E-state index contributed by atoms with van der Waals surface area (Å²) in [6.45, 7) is 4.19. The summed E-state index contributed by atoms with van der Waals surface area (Å²) >= 11 is 0. The molecule has 1 saturated heterocycles. The zero-order valence-corrected chi connectivity index (χ0v) is 17.1. The van der Waals surface area contributed by atoms with Crippen molar-refractivity contribution in [1.29, 1.82) is 0 Å². The Morgan fingerprint density at radius 2 is 1.75 bits per heavy atom. The number of nitrogens with zero attached hydrogens (tertiary/aromatic N) is 1. The van der Waals surface area contributed by atoms with Gasteiger partial charge >= 0.3 is 0 Å². The fourth-order valence-corrected chi connectivity index (χ4v) is 5.51. The van der Waals surface area contributed by atoms with Crippen molar-refractivity contribution in [3.8, 4) is 11.1 Å². The molecule has 1 aliphatic heterocycles. The first-order valence-electron chi connectivity index (χ1n) is 9.09. The van der Waals surface area contributed by atoms with Crippen molar-refractivity contribution in [2.75, 3.05) is 19.6 Å². The molecular formula is C20H24N2O4S2. The van der Waals surface area contributed by atoms with Gasteiger partial charge in [-0.1, -0.05) is 49.0 Å². The van der Waals surface area contributed by atoms with Gasteiger partial charge in [0.25, 0.3) is 0 Å². The van der Waals surface area contributed by atoms with Crippen LogP contribution in [0, 0.1) is 5.92 Å². The van der Waals surface area contributed by atoms with E-state index in [0.29, 0.717) is 13.0 Å². The largest absolute Gasteiger partial charge is 0.243 e. The van der Waals surface area contributed by atoms with E-state index in [9.17, 15) is 16.8 Å². The summed E-state index contributed by atoms with van der Waals surface area (Å²) in [6, 6.07) is 16.5. The summed E-state index contributed by atoms with van der Waals surface area (Å²) in [5.41, 5.74) is 1.80. The minimum Gasteiger partial charge on any atom is -0.211 e. The van der Waals surface area contributed by atoms with Crippen LogP contribution in [-0.2, 0) is 20.0 Å². The van der Waals surface area contributed by atoms with Crippen LogP contribution in [0.3, 0.4) is 0 Å². The number of nitrogens with one attached hydrogen (secondary N) is 1. The molecule has 1 fully saturated rings. The highest BCUT2D eigenvalue weighted by atomic mass is 32.2. The topological polar surface area (TPSA) is 83.6 Å². The molecular weight excluding hydrogens is 396 g/mol. The minimum absolute atomic E-state index is 0.0736. The van der Waals surface area contributed by atoms with Gasteiger partial charge in [0.2, 0.25) is 20.0 Å². The second-order valence-electron chi connectivity index (χ2n) is 6.83. The van der Waals surface area contributed by atoms with Crippen molar-refractivity contribution in [3.63, 3.8) is 0 Å². The summed E-state index contributed by atoms with van der Waals surface area (Å²) in [5, 5.41) is 0.861. The third-order valence-electron chi connectivity index (χ3n) is 4.85. The highest BCUT2D eigenvalue weighted by Gasteiger charge is 2.30. The van der Waals surface area contributed by atoms with Gasteiger partial charge in [-0.15, -0.1) is 0 Å². The van der Waals surface area contributed by atoms with E-state index in [2.05, 4.69) is 11.3 Å². The Morgan fingerprint density at radius 1 is 1.04 bits per heavy atom. The van der Waals surface area contributed by atoms with E-state index >= 15 is 0 Å². The van der Waals surface area contributed by atoms with Crippen molar-refractivity contribution >= 4 is 20.0 Å². The predicted molar refractivity (Wildman–Crippen MR) is 110 cm³/mol. The number of rotatable bonds is 7. The van der Waals surface area contributed by atoms with E-state index in [0.717, 1.165) is 23.0 Å². The zero-order chi connectivity index (χ0) is 20.2. The lowest BCUT2D eigenvalue weighted by molar-refractivity contribution is 0.267. The smallest absolute Gasteiger partial charge is 0.211 e. The van der Waals surface area contributed by atoms with Gasteiger partial charge < -0.3 is 0 Å². The zero-order valence-electron chi connectivity index (χ0n) is 15.5. The summed E-state index contributed by atoms with van der Waals surface area (Å²) in [6.07, 6.45) is 1.47. The lowest BCUT2D eigenvalue weighted by atomic mass is 10.0. The Hall–Kier alpha value is -2.00. The molecule has 2 aromatic carbocycles. The average molecular weight is 421 g/mol. The molecule has 0 unspecified atom stereocenters. The normalized spacial score (nSPS) is 18.6. The SMILES string of the molecule is C=CS(=O)(=O)NC[C@H]1CCCN(S(=O)(=O)c2cccc(-c3ccccc3)c2)C1. The molecule has 0 bridgehead atoms. The standard InChI is InChI=1S/C20H24N2O4S2/c1-2-27(23,24)21-15-17-8-7-13-22(16-17)28(25,26)20-12-6-11-19(14-20)18-9-4-3-5-10-18/h2-6,9-12,14,17,21H,1,7-8,13,15-16H2/t17-/m1/s1. The van der Waals surface area contributed by atoms with Gasteiger partial charge in [-0.2, -0.15) is 4.31 Å². The van der Waals surface area contributed by atoms with Crippen LogP contribution < -0.4 is 4.72 Å². The number of hydrogen-bond donors (Lipinski definition) is 1. The van der Waals surface area contributed by atoms with Gasteiger partial charge in [-0.05, 0) is 42.0 Å². The molecule has 2 aromatic rings. The van der Waals surface area contributed by atoms with Crippen molar-refractivity contribution < 1.29 is 16.8 Å². The van der Waals surface area contributed by atoms with Gasteiger partial charge in [0.05, 0.1) is 4.90 Å². The predicted octanol–water partition coefficient (Wildman–Crippen LogP) is 2.82. The molecule has 1 heterocycles. The fraction of sp³-hybridized carbons (Fsp3) is 0.300. The van der Waals surface area contributed by atoms with Gasteiger partial charge in [0, 0.05) is 25.0 Å². The number of hydrogen-bond acceptors (Lipinski definition) is 4. The lowest BCUT2D eigenvalue weighted by Gasteiger charge is -2.32. The van der Waals surface area contributed by atoms with Crippen LogP contribution in [0.1, 0.15) is 12.8 Å². The summed E-state index contributed by atoms with van der Waals surface area (Å²) in [5.74, 6) is -0.0736. The molecule has 1 N–H and O–H groups in total. The van der Waals surface area contributed by atoms with E-state index in [4.69, 9.17) is 0 Å². The summed E-state index contributed by atoms with van der Waals surface area (Å²) in [4.78, 5) is 0.251. The molecule has 0 radical (unpaired) electrons. The third kappa shape index (κ3) is 4.88. The Bertz CT molecular complexity index is 1030. The summed E-state index contributed by atoms with van der Waals surface area (Å²) in [7, 11) is -7.16. The van der Waals surface area contributed by atoms with Crippen molar-refractivity contribution in [2.24, 2.45) is 5.92 Å². The number of sulfonamides is 2. The second-order valence-corrected chi connectivity index (χ2v) is 10.5. The van der Waals surface area contributed by atoms with Gasteiger partial charge in [0.1, 0.15) is 0 Å². The molecule has 28 heavy (non-hydrogen) atoms. The molecule has 3 rings (SSSR count). The monoisotopic (exact) mass is 420 g/mol. The van der Waals surface area contributed by atoms with Gasteiger partial charge in [-0.3, -0.25) is 0 Å². The Balaban J connectivity index is 1.78. The van der Waals surface area contributed by atoms with Gasteiger partial charge in [0.15, 0.2) is 0 Å². The Morgan fingerprint density at radius 3 is 2.46 bits per heavy atom. The fourth-order valence-electron chi connectivity index (χ4n) is 3.32. The third-order valence-corrected chi connectivity index (χ3v) is 7.72. The molecule has 150 valence electrons. The first kappa shape index (κ1) is 20.7.